The van der Waals surface area contributed by atoms with Gasteiger partial charge >= 0.3 is 0 Å². The van der Waals surface area contributed by atoms with Crippen molar-refractivity contribution in [3.05, 3.63) is 18.0 Å². The van der Waals surface area contributed by atoms with Crippen molar-refractivity contribution in [1.82, 2.24) is 14.7 Å². The molecule has 102 valence electrons. The van der Waals surface area contributed by atoms with Gasteiger partial charge in [0.1, 0.15) is 6.10 Å². The molecule has 1 aromatic heterocycles. The Hall–Kier alpha value is -0.910. The SMILES string of the molecule is CCC(C)(C(O)c1ccnn1C)N1CCOCC1. The topological polar surface area (TPSA) is 50.5 Å². The molecule has 0 saturated carbocycles. The molecule has 0 spiro atoms. The van der Waals surface area contributed by atoms with E-state index in [1.165, 1.54) is 0 Å². The highest BCUT2D eigenvalue weighted by atomic mass is 16.5. The Morgan fingerprint density at radius 3 is 2.67 bits per heavy atom. The van der Waals surface area contributed by atoms with Gasteiger partial charge in [0.2, 0.25) is 0 Å². The molecule has 1 aromatic rings. The molecule has 0 bridgehead atoms. The minimum Gasteiger partial charge on any atom is -0.385 e. The molecule has 0 amide bonds. The summed E-state index contributed by atoms with van der Waals surface area (Å²) in [7, 11) is 1.87. The Labute approximate surface area is 108 Å². The molecule has 1 fully saturated rings. The van der Waals surface area contributed by atoms with Gasteiger partial charge in [-0.05, 0) is 19.4 Å². The molecule has 0 aliphatic carbocycles. The van der Waals surface area contributed by atoms with E-state index in [4.69, 9.17) is 4.74 Å². The Morgan fingerprint density at radius 2 is 2.17 bits per heavy atom. The van der Waals surface area contributed by atoms with Crippen LogP contribution >= 0.6 is 0 Å². The number of aliphatic hydroxyl groups is 1. The molecule has 1 saturated heterocycles. The van der Waals surface area contributed by atoms with E-state index in [1.807, 2.05) is 13.1 Å². The fraction of sp³-hybridized carbons (Fsp3) is 0.769. The monoisotopic (exact) mass is 253 g/mol. The van der Waals surface area contributed by atoms with Crippen molar-refractivity contribution < 1.29 is 9.84 Å². The van der Waals surface area contributed by atoms with E-state index >= 15 is 0 Å². The number of hydrogen-bond donors (Lipinski definition) is 1. The van der Waals surface area contributed by atoms with Crippen LogP contribution in [0.4, 0.5) is 0 Å². The smallest absolute Gasteiger partial charge is 0.114 e. The molecule has 5 nitrogen and oxygen atoms in total. The largest absolute Gasteiger partial charge is 0.385 e. The first-order valence-electron chi connectivity index (χ1n) is 6.58. The number of rotatable bonds is 4. The summed E-state index contributed by atoms with van der Waals surface area (Å²) in [6.07, 6.45) is 2.08. The molecule has 2 heterocycles. The van der Waals surface area contributed by atoms with E-state index in [9.17, 15) is 5.11 Å². The Morgan fingerprint density at radius 1 is 1.50 bits per heavy atom. The predicted molar refractivity (Wildman–Crippen MR) is 69.3 cm³/mol. The van der Waals surface area contributed by atoms with Gasteiger partial charge in [-0.1, -0.05) is 6.92 Å². The first-order valence-corrected chi connectivity index (χ1v) is 6.58. The number of ether oxygens (including phenoxy) is 1. The molecule has 2 atom stereocenters. The average molecular weight is 253 g/mol. The normalized spacial score (nSPS) is 22.7. The maximum atomic E-state index is 10.7. The van der Waals surface area contributed by atoms with Crippen LogP contribution in [0.25, 0.3) is 0 Å². The maximum absolute atomic E-state index is 10.7. The van der Waals surface area contributed by atoms with Crippen LogP contribution in [0.1, 0.15) is 32.1 Å². The van der Waals surface area contributed by atoms with Gasteiger partial charge in [0.05, 0.1) is 18.9 Å². The van der Waals surface area contributed by atoms with Crippen LogP contribution < -0.4 is 0 Å². The molecular weight excluding hydrogens is 230 g/mol. The Bertz CT molecular complexity index is 387. The third kappa shape index (κ3) is 2.30. The van der Waals surface area contributed by atoms with Gasteiger partial charge in [-0.3, -0.25) is 9.58 Å². The first-order chi connectivity index (χ1) is 8.59. The summed E-state index contributed by atoms with van der Waals surface area (Å²) in [4.78, 5) is 2.33. The van der Waals surface area contributed by atoms with Crippen LogP contribution in [0.5, 0.6) is 0 Å². The summed E-state index contributed by atoms with van der Waals surface area (Å²) in [5, 5.41) is 14.9. The molecule has 1 N–H and O–H groups in total. The minimum atomic E-state index is -0.534. The quantitative estimate of drug-likeness (QED) is 0.868. The lowest BCUT2D eigenvalue weighted by Gasteiger charge is -2.45. The predicted octanol–water partition coefficient (Wildman–Crippen LogP) is 0.954. The van der Waals surface area contributed by atoms with Crippen molar-refractivity contribution in [2.24, 2.45) is 7.05 Å². The van der Waals surface area contributed by atoms with Gasteiger partial charge in [0.15, 0.2) is 0 Å². The number of hydrogen-bond acceptors (Lipinski definition) is 4. The highest BCUT2D eigenvalue weighted by molar-refractivity contribution is 5.11. The van der Waals surface area contributed by atoms with E-state index in [2.05, 4.69) is 23.8 Å². The van der Waals surface area contributed by atoms with E-state index in [1.54, 1.807) is 10.9 Å². The standard InChI is InChI=1S/C13H23N3O2/c1-4-13(2,16-7-9-18-10-8-16)12(17)11-5-6-14-15(11)3/h5-6,12,17H,4,7-10H2,1-3H3. The highest BCUT2D eigenvalue weighted by Gasteiger charge is 2.39. The van der Waals surface area contributed by atoms with Crippen molar-refractivity contribution in [1.29, 1.82) is 0 Å². The van der Waals surface area contributed by atoms with Crippen LogP contribution in [0, 0.1) is 0 Å². The van der Waals surface area contributed by atoms with E-state index < -0.39 is 6.10 Å². The molecule has 1 aliphatic rings. The second-order valence-corrected chi connectivity index (χ2v) is 5.09. The van der Waals surface area contributed by atoms with Crippen LogP contribution in [0.15, 0.2) is 12.3 Å². The maximum Gasteiger partial charge on any atom is 0.114 e. The van der Waals surface area contributed by atoms with Gasteiger partial charge in [-0.25, -0.2) is 0 Å². The van der Waals surface area contributed by atoms with Crippen LogP contribution in [0.3, 0.4) is 0 Å². The van der Waals surface area contributed by atoms with Crippen molar-refractivity contribution in [3.63, 3.8) is 0 Å². The lowest BCUT2D eigenvalue weighted by Crippen LogP contribution is -2.54. The molecule has 5 heteroatoms. The van der Waals surface area contributed by atoms with Gasteiger partial charge < -0.3 is 9.84 Å². The molecule has 0 radical (unpaired) electrons. The Balaban J connectivity index is 2.22. The molecular formula is C13H23N3O2. The third-order valence-electron chi connectivity index (χ3n) is 4.18. The summed E-state index contributed by atoms with van der Waals surface area (Å²) < 4.78 is 7.14. The summed E-state index contributed by atoms with van der Waals surface area (Å²) in [6.45, 7) is 7.48. The summed E-state index contributed by atoms with van der Waals surface area (Å²) in [5.41, 5.74) is 0.600. The van der Waals surface area contributed by atoms with Crippen LogP contribution in [-0.4, -0.2) is 51.6 Å². The fourth-order valence-corrected chi connectivity index (χ4v) is 2.64. The van der Waals surface area contributed by atoms with Crippen molar-refractivity contribution in [2.75, 3.05) is 26.3 Å². The van der Waals surface area contributed by atoms with Crippen molar-refractivity contribution >= 4 is 0 Å². The number of nitrogens with zero attached hydrogens (tertiary/aromatic N) is 3. The number of morpholine rings is 1. The second kappa shape index (κ2) is 5.38. The van der Waals surface area contributed by atoms with Crippen molar-refractivity contribution in [3.8, 4) is 0 Å². The van der Waals surface area contributed by atoms with E-state index in [0.717, 1.165) is 38.4 Å². The molecule has 2 unspecified atom stereocenters. The minimum absolute atomic E-state index is 0.266. The second-order valence-electron chi connectivity index (χ2n) is 5.09. The van der Waals surface area contributed by atoms with Crippen molar-refractivity contribution in [2.45, 2.75) is 31.9 Å². The third-order valence-corrected chi connectivity index (χ3v) is 4.18. The number of aromatic nitrogens is 2. The zero-order chi connectivity index (χ0) is 13.2. The van der Waals surface area contributed by atoms with Crippen LogP contribution in [-0.2, 0) is 11.8 Å². The summed E-state index contributed by atoms with van der Waals surface area (Å²) in [5.74, 6) is 0. The molecule has 18 heavy (non-hydrogen) atoms. The number of aliphatic hydroxyl groups excluding tert-OH is 1. The highest BCUT2D eigenvalue weighted by Crippen LogP contribution is 2.34. The summed E-state index contributed by atoms with van der Waals surface area (Å²) in [6, 6.07) is 1.89. The average Bonchev–Trinajstić information content (AvgIpc) is 2.84. The fourth-order valence-electron chi connectivity index (χ4n) is 2.64. The lowest BCUT2D eigenvalue weighted by atomic mass is 9.87. The van der Waals surface area contributed by atoms with Gasteiger partial charge in [-0.2, -0.15) is 5.10 Å². The van der Waals surface area contributed by atoms with E-state index in [-0.39, 0.29) is 5.54 Å². The summed E-state index contributed by atoms with van der Waals surface area (Å²) >= 11 is 0. The number of aryl methyl sites for hydroxylation is 1. The van der Waals surface area contributed by atoms with Gasteiger partial charge in [0.25, 0.3) is 0 Å². The zero-order valence-electron chi connectivity index (χ0n) is 11.5. The van der Waals surface area contributed by atoms with E-state index in [0.29, 0.717) is 0 Å². The zero-order valence-corrected chi connectivity index (χ0v) is 11.5. The molecule has 0 aromatic carbocycles. The molecule has 2 rings (SSSR count). The van der Waals surface area contributed by atoms with Crippen LogP contribution in [0.2, 0.25) is 0 Å². The first kappa shape index (κ1) is 13.5. The molecule has 1 aliphatic heterocycles. The Kier molecular flexibility index (Phi) is 4.04. The lowest BCUT2D eigenvalue weighted by molar-refractivity contribution is -0.0756. The van der Waals surface area contributed by atoms with Gasteiger partial charge in [0, 0.05) is 31.9 Å². The van der Waals surface area contributed by atoms with Gasteiger partial charge in [-0.15, -0.1) is 0 Å².